The first-order chi connectivity index (χ1) is 9.63. The summed E-state index contributed by atoms with van der Waals surface area (Å²) in [5.41, 5.74) is 8.80. The maximum absolute atomic E-state index is 6.33. The summed E-state index contributed by atoms with van der Waals surface area (Å²) in [6.07, 6.45) is 8.19. The molecule has 3 nitrogen and oxygen atoms in total. The second-order valence-electron chi connectivity index (χ2n) is 5.92. The van der Waals surface area contributed by atoms with Crippen LogP contribution in [-0.2, 0) is 6.42 Å². The van der Waals surface area contributed by atoms with Gasteiger partial charge in [-0.1, -0.05) is 12.8 Å². The molecule has 1 atom stereocenters. The van der Waals surface area contributed by atoms with Crippen molar-refractivity contribution in [3.63, 3.8) is 0 Å². The number of nitrogens with zero attached hydrogens (tertiary/aromatic N) is 2. The molecule has 0 radical (unpaired) electrons. The van der Waals surface area contributed by atoms with E-state index in [1.54, 1.807) is 0 Å². The smallest absolute Gasteiger partial charge is 0.0643 e. The summed E-state index contributed by atoms with van der Waals surface area (Å²) in [7, 11) is 0. The number of aryl methyl sites for hydroxylation is 2. The van der Waals surface area contributed by atoms with Crippen molar-refractivity contribution in [3.8, 4) is 0 Å². The highest BCUT2D eigenvalue weighted by atomic mass is 32.1. The predicted molar refractivity (Wildman–Crippen MR) is 84.2 cm³/mol. The van der Waals surface area contributed by atoms with Gasteiger partial charge >= 0.3 is 0 Å². The van der Waals surface area contributed by atoms with Crippen molar-refractivity contribution < 1.29 is 0 Å². The van der Waals surface area contributed by atoms with E-state index in [4.69, 9.17) is 10.8 Å². The van der Waals surface area contributed by atoms with Crippen molar-refractivity contribution in [2.75, 3.05) is 0 Å². The molecule has 4 heteroatoms. The zero-order valence-corrected chi connectivity index (χ0v) is 13.1. The second kappa shape index (κ2) is 5.70. The van der Waals surface area contributed by atoms with Crippen LogP contribution in [-0.4, -0.2) is 9.78 Å². The lowest BCUT2D eigenvalue weighted by molar-refractivity contribution is 0.461. The van der Waals surface area contributed by atoms with Gasteiger partial charge in [0.05, 0.1) is 11.7 Å². The third kappa shape index (κ3) is 2.81. The van der Waals surface area contributed by atoms with Crippen LogP contribution in [0.15, 0.2) is 18.3 Å². The fourth-order valence-corrected chi connectivity index (χ4v) is 4.01. The summed E-state index contributed by atoms with van der Waals surface area (Å²) in [6, 6.07) is 5.04. The van der Waals surface area contributed by atoms with E-state index >= 15 is 0 Å². The first kappa shape index (κ1) is 13.8. The van der Waals surface area contributed by atoms with E-state index in [1.165, 1.54) is 41.0 Å². The molecule has 0 bridgehead atoms. The highest BCUT2D eigenvalue weighted by molar-refractivity contribution is 7.12. The van der Waals surface area contributed by atoms with Gasteiger partial charge in [-0.05, 0) is 44.4 Å². The highest BCUT2D eigenvalue weighted by Crippen LogP contribution is 2.30. The van der Waals surface area contributed by atoms with Gasteiger partial charge in [-0.25, -0.2) is 0 Å². The fourth-order valence-electron chi connectivity index (χ4n) is 2.97. The summed E-state index contributed by atoms with van der Waals surface area (Å²) >= 11 is 1.81. The van der Waals surface area contributed by atoms with Gasteiger partial charge in [-0.15, -0.1) is 11.3 Å². The molecule has 1 unspecified atom stereocenters. The summed E-state index contributed by atoms with van der Waals surface area (Å²) in [5, 5.41) is 4.73. The number of rotatable bonds is 4. The Morgan fingerprint density at radius 3 is 2.80 bits per heavy atom. The van der Waals surface area contributed by atoms with Crippen molar-refractivity contribution >= 4 is 11.3 Å². The predicted octanol–water partition coefficient (Wildman–Crippen LogP) is 3.92. The van der Waals surface area contributed by atoms with E-state index in [1.807, 2.05) is 11.3 Å². The molecule has 0 amide bonds. The van der Waals surface area contributed by atoms with Crippen molar-refractivity contribution in [1.82, 2.24) is 9.78 Å². The average Bonchev–Trinajstić information content (AvgIpc) is 3.11. The van der Waals surface area contributed by atoms with E-state index in [0.29, 0.717) is 6.04 Å². The Morgan fingerprint density at radius 1 is 1.40 bits per heavy atom. The van der Waals surface area contributed by atoms with Gasteiger partial charge in [0.1, 0.15) is 0 Å². The van der Waals surface area contributed by atoms with E-state index < -0.39 is 0 Å². The molecule has 1 fully saturated rings. The van der Waals surface area contributed by atoms with Crippen LogP contribution < -0.4 is 5.73 Å². The van der Waals surface area contributed by atoms with E-state index in [-0.39, 0.29) is 6.04 Å². The third-order valence-electron chi connectivity index (χ3n) is 4.34. The summed E-state index contributed by atoms with van der Waals surface area (Å²) < 4.78 is 2.15. The molecule has 0 saturated heterocycles. The molecule has 2 aromatic rings. The summed E-state index contributed by atoms with van der Waals surface area (Å²) in [5.74, 6) is 0. The van der Waals surface area contributed by atoms with Gasteiger partial charge in [0.25, 0.3) is 0 Å². The van der Waals surface area contributed by atoms with Crippen molar-refractivity contribution in [2.45, 2.75) is 58.0 Å². The Balaban J connectivity index is 1.68. The Morgan fingerprint density at radius 2 is 2.15 bits per heavy atom. The van der Waals surface area contributed by atoms with Gasteiger partial charge in [0.2, 0.25) is 0 Å². The van der Waals surface area contributed by atoms with Crippen LogP contribution in [0.2, 0.25) is 0 Å². The SMILES string of the molecule is Cc1cc(C(N)Cc2ccn(C3CCCC3)n2)sc1C. The molecule has 2 heterocycles. The molecule has 1 aliphatic rings. The Bertz CT molecular complexity index is 559. The standard InChI is InChI=1S/C16H23N3S/c1-11-9-16(20-12(11)2)15(17)10-13-7-8-19(18-13)14-5-3-4-6-14/h7-9,14-15H,3-6,10,17H2,1-2H3. The molecule has 3 rings (SSSR count). The molecule has 1 aliphatic carbocycles. The largest absolute Gasteiger partial charge is 0.323 e. The molecule has 20 heavy (non-hydrogen) atoms. The quantitative estimate of drug-likeness (QED) is 0.927. The van der Waals surface area contributed by atoms with Crippen LogP contribution in [0.25, 0.3) is 0 Å². The Labute approximate surface area is 124 Å². The minimum Gasteiger partial charge on any atom is -0.323 e. The number of nitrogens with two attached hydrogens (primary N) is 1. The second-order valence-corrected chi connectivity index (χ2v) is 7.21. The monoisotopic (exact) mass is 289 g/mol. The van der Waals surface area contributed by atoms with Crippen LogP contribution in [0.1, 0.15) is 58.8 Å². The summed E-state index contributed by atoms with van der Waals surface area (Å²) in [6.45, 7) is 4.31. The minimum absolute atomic E-state index is 0.0688. The van der Waals surface area contributed by atoms with Crippen LogP contribution in [0.3, 0.4) is 0 Å². The number of aromatic nitrogens is 2. The van der Waals surface area contributed by atoms with E-state index in [0.717, 1.165) is 12.1 Å². The minimum atomic E-state index is 0.0688. The van der Waals surface area contributed by atoms with Crippen LogP contribution in [0.5, 0.6) is 0 Å². The lowest BCUT2D eigenvalue weighted by Gasteiger charge is -2.10. The van der Waals surface area contributed by atoms with Gasteiger partial charge in [0, 0.05) is 28.4 Å². The third-order valence-corrected chi connectivity index (χ3v) is 5.63. The molecule has 1 saturated carbocycles. The van der Waals surface area contributed by atoms with E-state index in [2.05, 4.69) is 36.9 Å². The Hall–Kier alpha value is -1.13. The normalized spacial score (nSPS) is 17.8. The van der Waals surface area contributed by atoms with Crippen LogP contribution in [0, 0.1) is 13.8 Å². The zero-order chi connectivity index (χ0) is 14.1. The Kier molecular flexibility index (Phi) is 3.94. The van der Waals surface area contributed by atoms with Crippen molar-refractivity contribution in [3.05, 3.63) is 39.3 Å². The molecular weight excluding hydrogens is 266 g/mol. The molecule has 108 valence electrons. The number of hydrogen-bond acceptors (Lipinski definition) is 3. The van der Waals surface area contributed by atoms with Gasteiger partial charge in [0.15, 0.2) is 0 Å². The zero-order valence-electron chi connectivity index (χ0n) is 12.3. The average molecular weight is 289 g/mol. The van der Waals surface area contributed by atoms with Gasteiger partial charge in [-0.3, -0.25) is 4.68 Å². The molecule has 2 aromatic heterocycles. The molecule has 2 N–H and O–H groups in total. The van der Waals surface area contributed by atoms with E-state index in [9.17, 15) is 0 Å². The molecule has 0 aromatic carbocycles. The lowest BCUT2D eigenvalue weighted by atomic mass is 10.1. The molecule has 0 aliphatic heterocycles. The maximum atomic E-state index is 6.33. The first-order valence-electron chi connectivity index (χ1n) is 7.50. The number of thiophene rings is 1. The number of hydrogen-bond donors (Lipinski definition) is 1. The van der Waals surface area contributed by atoms with Crippen molar-refractivity contribution in [2.24, 2.45) is 5.73 Å². The van der Waals surface area contributed by atoms with Gasteiger partial charge in [-0.2, -0.15) is 5.10 Å². The molecular formula is C16H23N3S. The molecule has 0 spiro atoms. The topological polar surface area (TPSA) is 43.8 Å². The van der Waals surface area contributed by atoms with Crippen LogP contribution in [0.4, 0.5) is 0 Å². The van der Waals surface area contributed by atoms with Gasteiger partial charge < -0.3 is 5.73 Å². The first-order valence-corrected chi connectivity index (χ1v) is 8.31. The highest BCUT2D eigenvalue weighted by Gasteiger charge is 2.18. The maximum Gasteiger partial charge on any atom is 0.0643 e. The van der Waals surface area contributed by atoms with Crippen LogP contribution >= 0.6 is 11.3 Å². The van der Waals surface area contributed by atoms with Crippen molar-refractivity contribution in [1.29, 1.82) is 0 Å². The fraction of sp³-hybridized carbons (Fsp3) is 0.562. The lowest BCUT2D eigenvalue weighted by Crippen LogP contribution is -2.13. The summed E-state index contributed by atoms with van der Waals surface area (Å²) in [4.78, 5) is 2.64.